The minimum absolute atomic E-state index is 0.0102. The van der Waals surface area contributed by atoms with Crippen LogP contribution in [0.1, 0.15) is 50.1 Å². The fourth-order valence-corrected chi connectivity index (χ4v) is 4.04. The van der Waals surface area contributed by atoms with Gasteiger partial charge in [-0.15, -0.1) is 0 Å². The van der Waals surface area contributed by atoms with Gasteiger partial charge in [0.1, 0.15) is 5.82 Å². The van der Waals surface area contributed by atoms with E-state index in [4.69, 9.17) is 16.3 Å². The van der Waals surface area contributed by atoms with Crippen molar-refractivity contribution in [3.63, 3.8) is 0 Å². The summed E-state index contributed by atoms with van der Waals surface area (Å²) in [6, 6.07) is 4.52. The van der Waals surface area contributed by atoms with Crippen LogP contribution in [0.15, 0.2) is 18.2 Å². The molecule has 2 aliphatic heterocycles. The van der Waals surface area contributed by atoms with Gasteiger partial charge in [0, 0.05) is 23.7 Å². The molecule has 0 spiro atoms. The summed E-state index contributed by atoms with van der Waals surface area (Å²) in [6.07, 6.45) is 5.68. The van der Waals surface area contributed by atoms with Crippen molar-refractivity contribution >= 4 is 17.5 Å². The standard InChI is InChI=1S/C19H26ClFN2O2/c20-15-7-5-8-16(21)19(15)17(23-9-2-3-10-23)13-22-18(24)12-14-6-1-4-11-25-14/h5,7-8,14,17H,1-4,6,9-13H2,(H,22,24). The summed E-state index contributed by atoms with van der Waals surface area (Å²) in [5.74, 6) is -0.349. The molecule has 0 aromatic heterocycles. The maximum Gasteiger partial charge on any atom is 0.222 e. The van der Waals surface area contributed by atoms with Crippen LogP contribution in [0.5, 0.6) is 0 Å². The molecule has 138 valence electrons. The zero-order chi connectivity index (χ0) is 17.6. The van der Waals surface area contributed by atoms with Gasteiger partial charge in [0.15, 0.2) is 0 Å². The number of rotatable bonds is 6. The van der Waals surface area contributed by atoms with Gasteiger partial charge in [-0.25, -0.2) is 4.39 Å². The Labute approximate surface area is 153 Å². The lowest BCUT2D eigenvalue weighted by molar-refractivity contribution is -0.125. The largest absolute Gasteiger partial charge is 0.378 e. The predicted molar refractivity (Wildman–Crippen MR) is 96.2 cm³/mol. The molecule has 2 saturated heterocycles. The van der Waals surface area contributed by atoms with Crippen LogP contribution in [0.4, 0.5) is 4.39 Å². The number of carbonyl (C=O) groups excluding carboxylic acids is 1. The van der Waals surface area contributed by atoms with Crippen LogP contribution in [-0.4, -0.2) is 43.2 Å². The average Bonchev–Trinajstić information content (AvgIpc) is 3.12. The highest BCUT2D eigenvalue weighted by Gasteiger charge is 2.28. The highest BCUT2D eigenvalue weighted by atomic mass is 35.5. The van der Waals surface area contributed by atoms with Crippen LogP contribution in [0, 0.1) is 5.82 Å². The molecule has 0 bridgehead atoms. The van der Waals surface area contributed by atoms with E-state index in [0.717, 1.165) is 51.8 Å². The molecule has 2 aliphatic rings. The number of likely N-dealkylation sites (tertiary alicyclic amines) is 1. The molecule has 2 heterocycles. The number of hydrogen-bond donors (Lipinski definition) is 1. The third kappa shape index (κ3) is 4.93. The van der Waals surface area contributed by atoms with E-state index in [1.165, 1.54) is 6.07 Å². The van der Waals surface area contributed by atoms with Gasteiger partial charge in [0.2, 0.25) is 5.91 Å². The first-order valence-electron chi connectivity index (χ1n) is 9.21. The summed E-state index contributed by atoms with van der Waals surface area (Å²) in [5, 5.41) is 3.39. The number of benzene rings is 1. The monoisotopic (exact) mass is 368 g/mol. The van der Waals surface area contributed by atoms with E-state index in [-0.39, 0.29) is 23.9 Å². The maximum atomic E-state index is 14.4. The Kier molecular flexibility index (Phi) is 6.68. The highest BCUT2D eigenvalue weighted by Crippen LogP contribution is 2.32. The van der Waals surface area contributed by atoms with Crippen LogP contribution >= 0.6 is 11.6 Å². The van der Waals surface area contributed by atoms with Gasteiger partial charge < -0.3 is 10.1 Å². The molecule has 0 aliphatic carbocycles. The van der Waals surface area contributed by atoms with Crippen molar-refractivity contribution in [2.75, 3.05) is 26.2 Å². The Hall–Kier alpha value is -1.17. The molecule has 1 N–H and O–H groups in total. The topological polar surface area (TPSA) is 41.6 Å². The van der Waals surface area contributed by atoms with Crippen molar-refractivity contribution < 1.29 is 13.9 Å². The highest BCUT2D eigenvalue weighted by molar-refractivity contribution is 6.31. The Morgan fingerprint density at radius 1 is 1.32 bits per heavy atom. The first-order chi connectivity index (χ1) is 12.1. The minimum atomic E-state index is -0.311. The fourth-order valence-electron chi connectivity index (χ4n) is 3.75. The van der Waals surface area contributed by atoms with E-state index in [9.17, 15) is 9.18 Å². The zero-order valence-corrected chi connectivity index (χ0v) is 15.2. The molecule has 2 unspecified atom stereocenters. The van der Waals surface area contributed by atoms with Gasteiger partial charge in [0.05, 0.1) is 18.6 Å². The number of carbonyl (C=O) groups is 1. The van der Waals surface area contributed by atoms with Gasteiger partial charge in [-0.1, -0.05) is 17.7 Å². The lowest BCUT2D eigenvalue weighted by Gasteiger charge is -2.29. The van der Waals surface area contributed by atoms with Crippen molar-refractivity contribution in [1.82, 2.24) is 10.2 Å². The molecule has 2 fully saturated rings. The van der Waals surface area contributed by atoms with Crippen molar-refractivity contribution in [2.45, 2.75) is 50.7 Å². The van der Waals surface area contributed by atoms with Crippen molar-refractivity contribution in [3.05, 3.63) is 34.6 Å². The number of nitrogens with zero attached hydrogens (tertiary/aromatic N) is 1. The van der Waals surface area contributed by atoms with Crippen LogP contribution in [0.3, 0.4) is 0 Å². The molecule has 4 nitrogen and oxygen atoms in total. The van der Waals surface area contributed by atoms with E-state index in [1.807, 2.05) is 0 Å². The van der Waals surface area contributed by atoms with Crippen LogP contribution in [0.2, 0.25) is 5.02 Å². The smallest absolute Gasteiger partial charge is 0.222 e. The second-order valence-electron chi connectivity index (χ2n) is 6.89. The van der Waals surface area contributed by atoms with Crippen LogP contribution in [-0.2, 0) is 9.53 Å². The predicted octanol–water partition coefficient (Wildman–Crippen LogP) is 3.69. The van der Waals surface area contributed by atoms with Crippen molar-refractivity contribution in [1.29, 1.82) is 0 Å². The molecule has 2 atom stereocenters. The van der Waals surface area contributed by atoms with Gasteiger partial charge in [-0.2, -0.15) is 0 Å². The Morgan fingerprint density at radius 2 is 2.12 bits per heavy atom. The lowest BCUT2D eigenvalue weighted by Crippen LogP contribution is -2.38. The first kappa shape index (κ1) is 18.6. The second kappa shape index (κ2) is 8.97. The SMILES string of the molecule is O=C(CC1CCCCO1)NCC(c1c(F)cccc1Cl)N1CCCC1. The Balaban J connectivity index is 1.65. The molecule has 25 heavy (non-hydrogen) atoms. The summed E-state index contributed by atoms with van der Waals surface area (Å²) < 4.78 is 20.0. The number of amides is 1. The van der Waals surface area contributed by atoms with E-state index in [0.29, 0.717) is 23.6 Å². The summed E-state index contributed by atoms with van der Waals surface area (Å²) in [4.78, 5) is 14.5. The summed E-state index contributed by atoms with van der Waals surface area (Å²) in [7, 11) is 0. The Bertz CT molecular complexity index is 567. The molecule has 6 heteroatoms. The molecule has 0 radical (unpaired) electrons. The summed E-state index contributed by atoms with van der Waals surface area (Å²) in [5.41, 5.74) is 0.486. The number of halogens is 2. The third-order valence-corrected chi connectivity index (χ3v) is 5.42. The number of hydrogen-bond acceptors (Lipinski definition) is 3. The first-order valence-corrected chi connectivity index (χ1v) is 9.59. The van der Waals surface area contributed by atoms with E-state index >= 15 is 0 Å². The average molecular weight is 369 g/mol. The quantitative estimate of drug-likeness (QED) is 0.832. The zero-order valence-electron chi connectivity index (χ0n) is 14.5. The van der Waals surface area contributed by atoms with Gasteiger partial charge in [-0.05, 0) is 57.3 Å². The van der Waals surface area contributed by atoms with Gasteiger partial charge in [0.25, 0.3) is 0 Å². The normalized spacial score (nSPS) is 22.7. The molecular formula is C19H26ClFN2O2. The van der Waals surface area contributed by atoms with E-state index in [2.05, 4.69) is 10.2 Å². The lowest BCUT2D eigenvalue weighted by atomic mass is 10.0. The van der Waals surface area contributed by atoms with E-state index in [1.54, 1.807) is 12.1 Å². The molecule has 3 rings (SSSR count). The Morgan fingerprint density at radius 3 is 2.80 bits per heavy atom. The minimum Gasteiger partial charge on any atom is -0.378 e. The number of ether oxygens (including phenoxy) is 1. The molecule has 1 amide bonds. The fraction of sp³-hybridized carbons (Fsp3) is 0.632. The third-order valence-electron chi connectivity index (χ3n) is 5.09. The van der Waals surface area contributed by atoms with E-state index < -0.39 is 0 Å². The molecule has 1 aromatic carbocycles. The summed E-state index contributed by atoms with van der Waals surface area (Å²) >= 11 is 6.27. The molecule has 0 saturated carbocycles. The molecular weight excluding hydrogens is 343 g/mol. The van der Waals surface area contributed by atoms with Crippen molar-refractivity contribution in [3.8, 4) is 0 Å². The van der Waals surface area contributed by atoms with Crippen molar-refractivity contribution in [2.24, 2.45) is 0 Å². The second-order valence-corrected chi connectivity index (χ2v) is 7.30. The van der Waals surface area contributed by atoms with Crippen LogP contribution < -0.4 is 5.32 Å². The van der Waals surface area contributed by atoms with Gasteiger partial charge in [-0.3, -0.25) is 9.69 Å². The van der Waals surface area contributed by atoms with Crippen LogP contribution in [0.25, 0.3) is 0 Å². The molecule has 1 aromatic rings. The summed E-state index contributed by atoms with van der Waals surface area (Å²) in [6.45, 7) is 2.90. The maximum absolute atomic E-state index is 14.4. The van der Waals surface area contributed by atoms with Gasteiger partial charge >= 0.3 is 0 Å². The number of nitrogens with one attached hydrogen (secondary N) is 1.